The van der Waals surface area contributed by atoms with Gasteiger partial charge in [-0.2, -0.15) is 17.7 Å². The Morgan fingerprint density at radius 2 is 1.76 bits per heavy atom. The van der Waals surface area contributed by atoms with Gasteiger partial charge in [0.2, 0.25) is 5.52 Å². The molecule has 2 rings (SSSR count). The van der Waals surface area contributed by atoms with Gasteiger partial charge in [-0.3, -0.25) is 0 Å². The molecule has 0 saturated heterocycles. The number of alkyl halides is 3. The van der Waals surface area contributed by atoms with Gasteiger partial charge in [0.15, 0.2) is 10.1 Å². The Balaban J connectivity index is 0.000000333. The van der Waals surface area contributed by atoms with Crippen molar-refractivity contribution >= 4 is 39.7 Å². The normalized spacial score (nSPS) is 12.2. The van der Waals surface area contributed by atoms with Crippen LogP contribution in [0, 0.1) is 11.5 Å². The highest BCUT2D eigenvalue weighted by atomic mass is 32.2. The molecular formula is C15H18F3NO3S2Si. The van der Waals surface area contributed by atoms with Crippen molar-refractivity contribution < 1.29 is 30.7 Å². The molecule has 1 heterocycles. The number of halogens is 3. The van der Waals surface area contributed by atoms with Crippen molar-refractivity contribution in [1.82, 2.24) is 0 Å². The van der Waals surface area contributed by atoms with E-state index in [0.717, 1.165) is 6.54 Å². The van der Waals surface area contributed by atoms with Gasteiger partial charge in [-0.25, -0.2) is 8.42 Å². The van der Waals surface area contributed by atoms with Gasteiger partial charge in [-0.1, -0.05) is 43.1 Å². The van der Waals surface area contributed by atoms with Crippen molar-refractivity contribution in [3.8, 4) is 11.5 Å². The Kier molecular flexibility index (Phi) is 6.80. The molecule has 0 radical (unpaired) electrons. The highest BCUT2D eigenvalue weighted by Crippen LogP contribution is 2.20. The third-order valence-electron chi connectivity index (χ3n) is 2.75. The zero-order chi connectivity index (χ0) is 19.5. The van der Waals surface area contributed by atoms with Crippen LogP contribution in [0.1, 0.15) is 11.9 Å². The molecule has 0 unspecified atom stereocenters. The molecule has 10 heteroatoms. The first-order valence-electron chi connectivity index (χ1n) is 7.23. The number of benzene rings is 1. The van der Waals surface area contributed by atoms with Crippen molar-refractivity contribution in [2.45, 2.75) is 38.6 Å². The summed E-state index contributed by atoms with van der Waals surface area (Å²) in [4.78, 5) is 0. The summed E-state index contributed by atoms with van der Waals surface area (Å²) >= 11 is 1.80. The van der Waals surface area contributed by atoms with Crippen molar-refractivity contribution in [2.75, 3.05) is 0 Å². The molecule has 0 atom stereocenters. The zero-order valence-electron chi connectivity index (χ0n) is 14.1. The summed E-state index contributed by atoms with van der Waals surface area (Å²) in [6.45, 7) is 10.0. The zero-order valence-corrected chi connectivity index (χ0v) is 16.8. The van der Waals surface area contributed by atoms with Crippen LogP contribution in [0.3, 0.4) is 0 Å². The molecule has 1 aromatic carbocycles. The second-order valence-corrected chi connectivity index (χ2v) is 13.2. The molecule has 0 saturated carbocycles. The van der Waals surface area contributed by atoms with E-state index >= 15 is 0 Å². The van der Waals surface area contributed by atoms with Gasteiger partial charge in [0.1, 0.15) is 19.3 Å². The first kappa shape index (κ1) is 21.6. The summed E-state index contributed by atoms with van der Waals surface area (Å²) < 4.78 is 62.5. The van der Waals surface area contributed by atoms with Crippen LogP contribution in [0.25, 0.3) is 10.2 Å². The predicted octanol–water partition coefficient (Wildman–Crippen LogP) is 3.49. The SMILES string of the molecule is CC[n+]1c(C#C[Si](C)(C)C)sc2ccccc21.O=S(=O)([O-])C(F)(F)F. The number of hydrogen-bond donors (Lipinski definition) is 0. The van der Waals surface area contributed by atoms with Crippen LogP contribution in [0.15, 0.2) is 24.3 Å². The molecule has 0 aliphatic carbocycles. The molecule has 0 aliphatic heterocycles. The monoisotopic (exact) mass is 409 g/mol. The van der Waals surface area contributed by atoms with Crippen LogP contribution in [-0.2, 0) is 16.7 Å². The van der Waals surface area contributed by atoms with Crippen LogP contribution in [-0.4, -0.2) is 26.6 Å². The Labute approximate surface area is 150 Å². The van der Waals surface area contributed by atoms with E-state index in [0.29, 0.717) is 0 Å². The summed E-state index contributed by atoms with van der Waals surface area (Å²) in [6, 6.07) is 8.53. The highest BCUT2D eigenvalue weighted by Gasteiger charge is 2.36. The molecule has 0 aliphatic rings. The number of rotatable bonds is 1. The van der Waals surface area contributed by atoms with Gasteiger partial charge in [0.05, 0.1) is 0 Å². The molecule has 0 spiro atoms. The number of hydrogen-bond acceptors (Lipinski definition) is 4. The summed E-state index contributed by atoms with van der Waals surface area (Å²) in [5, 5.41) is 1.19. The molecule has 0 bridgehead atoms. The van der Waals surface area contributed by atoms with E-state index in [1.165, 1.54) is 15.2 Å². The number of fused-ring (bicyclic) bond motifs is 1. The van der Waals surface area contributed by atoms with Crippen molar-refractivity contribution in [1.29, 1.82) is 0 Å². The van der Waals surface area contributed by atoms with E-state index in [-0.39, 0.29) is 0 Å². The summed E-state index contributed by atoms with van der Waals surface area (Å²) in [5.41, 5.74) is -0.888. The average Bonchev–Trinajstić information content (AvgIpc) is 2.80. The van der Waals surface area contributed by atoms with Crippen molar-refractivity contribution in [3.63, 3.8) is 0 Å². The summed E-state index contributed by atoms with van der Waals surface area (Å²) in [5.74, 6) is 3.39. The minimum absolute atomic E-state index is 0.986. The maximum Gasteiger partial charge on any atom is 0.485 e. The van der Waals surface area contributed by atoms with Crippen LogP contribution >= 0.6 is 11.3 Å². The Morgan fingerprint density at radius 1 is 1.24 bits per heavy atom. The Hall–Kier alpha value is -1.41. The first-order chi connectivity index (χ1) is 11.3. The molecular weight excluding hydrogens is 391 g/mol. The lowest BCUT2D eigenvalue weighted by Gasteiger charge is -2.08. The van der Waals surface area contributed by atoms with Crippen LogP contribution in [0.2, 0.25) is 19.6 Å². The van der Waals surface area contributed by atoms with Crippen molar-refractivity contribution in [3.05, 3.63) is 29.3 Å². The van der Waals surface area contributed by atoms with Gasteiger partial charge >= 0.3 is 10.5 Å². The Morgan fingerprint density at radius 3 is 2.20 bits per heavy atom. The van der Waals surface area contributed by atoms with Crippen LogP contribution in [0.5, 0.6) is 0 Å². The lowest BCUT2D eigenvalue weighted by molar-refractivity contribution is -0.665. The lowest BCUT2D eigenvalue weighted by atomic mass is 10.3. The highest BCUT2D eigenvalue weighted by molar-refractivity contribution is 7.86. The number of para-hydroxylation sites is 1. The fraction of sp³-hybridized carbons (Fsp3) is 0.400. The lowest BCUT2D eigenvalue weighted by Crippen LogP contribution is -2.34. The average molecular weight is 410 g/mol. The topological polar surface area (TPSA) is 61.1 Å². The van der Waals surface area contributed by atoms with E-state index in [1.807, 2.05) is 0 Å². The summed E-state index contributed by atoms with van der Waals surface area (Å²) in [7, 11) is -7.38. The summed E-state index contributed by atoms with van der Waals surface area (Å²) in [6.07, 6.45) is 0. The third-order valence-corrected chi connectivity index (χ3v) is 5.27. The van der Waals surface area contributed by atoms with E-state index in [4.69, 9.17) is 13.0 Å². The van der Waals surface area contributed by atoms with Gasteiger partial charge in [0, 0.05) is 12.0 Å². The Bertz CT molecular complexity index is 904. The van der Waals surface area contributed by atoms with E-state index in [1.54, 1.807) is 11.3 Å². The fourth-order valence-electron chi connectivity index (χ4n) is 1.68. The minimum Gasteiger partial charge on any atom is -0.741 e. The molecule has 0 amide bonds. The fourth-order valence-corrected chi connectivity index (χ4v) is 3.34. The molecule has 0 N–H and O–H groups in total. The van der Waals surface area contributed by atoms with Crippen LogP contribution < -0.4 is 4.57 Å². The third kappa shape index (κ3) is 6.43. The molecule has 0 fully saturated rings. The maximum absolute atomic E-state index is 10.7. The maximum atomic E-state index is 10.7. The second-order valence-electron chi connectivity index (χ2n) is 6.02. The van der Waals surface area contributed by atoms with Crippen LogP contribution in [0.4, 0.5) is 13.2 Å². The standard InChI is InChI=1S/C14H18NSSi.CHF3O3S/c1-5-15-12-8-6-7-9-13(12)16-14(15)10-11-17(2,3)4;2-1(3,4)8(5,6)7/h6-9H,5H2,1-4H3;(H,5,6,7)/q+1;/p-1. The van der Waals surface area contributed by atoms with Crippen molar-refractivity contribution in [2.24, 2.45) is 0 Å². The van der Waals surface area contributed by atoms with Gasteiger partial charge < -0.3 is 4.55 Å². The largest absolute Gasteiger partial charge is 0.741 e. The number of thiazole rings is 1. The molecule has 2 aromatic rings. The van der Waals surface area contributed by atoms with Gasteiger partial charge in [-0.15, -0.1) is 5.54 Å². The number of aryl methyl sites for hydroxylation is 1. The molecule has 4 nitrogen and oxygen atoms in total. The first-order valence-corrected chi connectivity index (χ1v) is 13.0. The predicted molar refractivity (Wildman–Crippen MR) is 93.7 cm³/mol. The smallest absolute Gasteiger partial charge is 0.485 e. The minimum atomic E-state index is -6.09. The number of aromatic nitrogens is 1. The second kappa shape index (κ2) is 7.86. The molecule has 25 heavy (non-hydrogen) atoms. The van der Waals surface area contributed by atoms with E-state index in [9.17, 15) is 13.2 Å². The van der Waals surface area contributed by atoms with Gasteiger partial charge in [0.25, 0.3) is 0 Å². The van der Waals surface area contributed by atoms with Gasteiger partial charge in [-0.05, 0) is 13.0 Å². The number of nitrogens with zero attached hydrogens (tertiary/aromatic N) is 1. The van der Waals surface area contributed by atoms with E-state index in [2.05, 4.69) is 66.9 Å². The quantitative estimate of drug-likeness (QED) is 0.238. The molecule has 1 aromatic heterocycles. The van der Waals surface area contributed by atoms with E-state index < -0.39 is 23.7 Å². The molecule has 138 valence electrons.